The summed E-state index contributed by atoms with van der Waals surface area (Å²) < 4.78 is 26.0. The summed E-state index contributed by atoms with van der Waals surface area (Å²) in [5.74, 6) is 0.554. The lowest BCUT2D eigenvalue weighted by Gasteiger charge is -2.19. The average Bonchev–Trinajstić information content (AvgIpc) is 2.85. The quantitative estimate of drug-likeness (QED) is 0.833. The average molecular weight is 304 g/mol. The standard InChI is InChI=1S/C11H20N4O2S2/c1-2-3-8-19(16,17)15-11-14-13-10(18-11)9-4-6-12-7-5-9/h9,12H,2-8H2,1H3,(H,14,15). The molecule has 19 heavy (non-hydrogen) atoms. The molecule has 0 aliphatic carbocycles. The third-order valence-corrected chi connectivity index (χ3v) is 5.60. The fraction of sp³-hybridized carbons (Fsp3) is 0.818. The number of nitrogens with one attached hydrogen (secondary N) is 2. The van der Waals surface area contributed by atoms with Crippen LogP contribution in [0.15, 0.2) is 0 Å². The largest absolute Gasteiger partial charge is 0.317 e. The Morgan fingerprint density at radius 1 is 1.37 bits per heavy atom. The van der Waals surface area contributed by atoms with Crippen molar-refractivity contribution in [2.45, 2.75) is 38.5 Å². The molecule has 1 aliphatic rings. The van der Waals surface area contributed by atoms with E-state index < -0.39 is 10.0 Å². The van der Waals surface area contributed by atoms with E-state index >= 15 is 0 Å². The van der Waals surface area contributed by atoms with Gasteiger partial charge in [0.15, 0.2) is 0 Å². The zero-order valence-corrected chi connectivity index (χ0v) is 12.7. The zero-order chi connectivity index (χ0) is 13.7. The van der Waals surface area contributed by atoms with E-state index in [0.717, 1.165) is 37.4 Å². The van der Waals surface area contributed by atoms with Crippen molar-refractivity contribution in [1.82, 2.24) is 15.5 Å². The summed E-state index contributed by atoms with van der Waals surface area (Å²) >= 11 is 1.36. The molecule has 0 spiro atoms. The first kappa shape index (κ1) is 14.7. The van der Waals surface area contributed by atoms with Crippen LogP contribution in [0.5, 0.6) is 0 Å². The Balaban J connectivity index is 1.96. The lowest BCUT2D eigenvalue weighted by atomic mass is 9.99. The van der Waals surface area contributed by atoms with E-state index in [2.05, 4.69) is 20.2 Å². The second kappa shape index (κ2) is 6.62. The fourth-order valence-corrected chi connectivity index (χ4v) is 4.42. The summed E-state index contributed by atoms with van der Waals surface area (Å²) in [5.41, 5.74) is 0. The predicted octanol–water partition coefficient (Wildman–Crippen LogP) is 1.55. The molecule has 1 aliphatic heterocycles. The van der Waals surface area contributed by atoms with Gasteiger partial charge in [-0.1, -0.05) is 24.7 Å². The SMILES string of the molecule is CCCCS(=O)(=O)Nc1nnc(C2CCNCC2)s1. The molecule has 0 amide bonds. The first-order valence-corrected chi connectivity index (χ1v) is 9.12. The van der Waals surface area contributed by atoms with Crippen LogP contribution in [-0.4, -0.2) is 37.5 Å². The number of rotatable bonds is 6. The Bertz CT molecular complexity index is 495. The van der Waals surface area contributed by atoms with Crippen LogP contribution in [-0.2, 0) is 10.0 Å². The lowest BCUT2D eigenvalue weighted by Crippen LogP contribution is -2.26. The molecule has 2 heterocycles. The summed E-state index contributed by atoms with van der Waals surface area (Å²) in [6.45, 7) is 3.94. The molecule has 108 valence electrons. The van der Waals surface area contributed by atoms with Crippen molar-refractivity contribution in [2.24, 2.45) is 0 Å². The molecule has 1 fully saturated rings. The molecule has 0 saturated carbocycles. The van der Waals surface area contributed by atoms with Crippen molar-refractivity contribution in [3.05, 3.63) is 5.01 Å². The van der Waals surface area contributed by atoms with Crippen LogP contribution in [0.2, 0.25) is 0 Å². The number of piperidine rings is 1. The predicted molar refractivity (Wildman–Crippen MR) is 77.1 cm³/mol. The van der Waals surface area contributed by atoms with Crippen molar-refractivity contribution in [1.29, 1.82) is 0 Å². The van der Waals surface area contributed by atoms with E-state index in [-0.39, 0.29) is 5.75 Å². The summed E-state index contributed by atoms with van der Waals surface area (Å²) in [7, 11) is -3.27. The van der Waals surface area contributed by atoms with E-state index in [4.69, 9.17) is 0 Å². The first-order chi connectivity index (χ1) is 9.11. The number of aromatic nitrogens is 2. The van der Waals surface area contributed by atoms with Crippen molar-refractivity contribution >= 4 is 26.5 Å². The Kier molecular flexibility index (Phi) is 5.12. The second-order valence-corrected chi connectivity index (χ2v) is 7.60. The third-order valence-electron chi connectivity index (χ3n) is 3.14. The van der Waals surface area contributed by atoms with Crippen molar-refractivity contribution in [3.63, 3.8) is 0 Å². The van der Waals surface area contributed by atoms with Gasteiger partial charge in [-0.15, -0.1) is 10.2 Å². The van der Waals surface area contributed by atoms with Crippen LogP contribution in [0.1, 0.15) is 43.5 Å². The number of anilines is 1. The van der Waals surface area contributed by atoms with E-state index in [1.807, 2.05) is 6.92 Å². The smallest absolute Gasteiger partial charge is 0.234 e. The second-order valence-electron chi connectivity index (χ2n) is 4.74. The minimum atomic E-state index is -3.27. The van der Waals surface area contributed by atoms with E-state index in [9.17, 15) is 8.42 Å². The highest BCUT2D eigenvalue weighted by Gasteiger charge is 2.20. The van der Waals surface area contributed by atoms with Crippen LogP contribution in [0.4, 0.5) is 5.13 Å². The van der Waals surface area contributed by atoms with Gasteiger partial charge < -0.3 is 5.32 Å². The summed E-state index contributed by atoms with van der Waals surface area (Å²) in [4.78, 5) is 0. The van der Waals surface area contributed by atoms with Crippen LogP contribution >= 0.6 is 11.3 Å². The minimum Gasteiger partial charge on any atom is -0.317 e. The number of nitrogens with zero attached hydrogens (tertiary/aromatic N) is 2. The van der Waals surface area contributed by atoms with Crippen molar-refractivity contribution < 1.29 is 8.42 Å². The van der Waals surface area contributed by atoms with Gasteiger partial charge in [-0.25, -0.2) is 8.42 Å². The molecule has 2 rings (SSSR count). The lowest BCUT2D eigenvalue weighted by molar-refractivity contribution is 0.457. The normalized spacial score (nSPS) is 17.5. The monoisotopic (exact) mass is 304 g/mol. The van der Waals surface area contributed by atoms with Crippen molar-refractivity contribution in [2.75, 3.05) is 23.6 Å². The maximum atomic E-state index is 11.8. The molecule has 8 heteroatoms. The van der Waals surface area contributed by atoms with Gasteiger partial charge >= 0.3 is 0 Å². The van der Waals surface area contributed by atoms with E-state index in [1.54, 1.807) is 0 Å². The fourth-order valence-electron chi connectivity index (χ4n) is 2.03. The van der Waals surface area contributed by atoms with Gasteiger partial charge in [-0.2, -0.15) is 0 Å². The first-order valence-electron chi connectivity index (χ1n) is 6.65. The molecule has 6 nitrogen and oxygen atoms in total. The Labute approximate surface area is 118 Å². The summed E-state index contributed by atoms with van der Waals surface area (Å²) in [5, 5.41) is 12.7. The highest BCUT2D eigenvalue weighted by atomic mass is 32.2. The van der Waals surface area contributed by atoms with Gasteiger partial charge in [0.05, 0.1) is 5.75 Å². The van der Waals surface area contributed by atoms with E-state index in [1.165, 1.54) is 11.3 Å². The maximum Gasteiger partial charge on any atom is 0.234 e. The Morgan fingerprint density at radius 2 is 2.11 bits per heavy atom. The number of sulfonamides is 1. The van der Waals surface area contributed by atoms with Gasteiger partial charge in [0.25, 0.3) is 0 Å². The van der Waals surface area contributed by atoms with Gasteiger partial charge in [-0.05, 0) is 32.4 Å². The Hall–Kier alpha value is -0.730. The molecule has 0 atom stereocenters. The van der Waals surface area contributed by atoms with E-state index in [0.29, 0.717) is 17.5 Å². The number of hydrogen-bond donors (Lipinski definition) is 2. The molecule has 0 unspecified atom stereocenters. The highest BCUT2D eigenvalue weighted by Crippen LogP contribution is 2.29. The topological polar surface area (TPSA) is 84.0 Å². The van der Waals surface area contributed by atoms with Gasteiger partial charge in [0.1, 0.15) is 5.01 Å². The molecular formula is C11H20N4O2S2. The minimum absolute atomic E-state index is 0.145. The Morgan fingerprint density at radius 3 is 2.79 bits per heavy atom. The molecule has 0 bridgehead atoms. The van der Waals surface area contributed by atoms with Crippen LogP contribution < -0.4 is 10.0 Å². The maximum absolute atomic E-state index is 11.8. The van der Waals surface area contributed by atoms with Crippen LogP contribution in [0.3, 0.4) is 0 Å². The molecule has 2 N–H and O–H groups in total. The third kappa shape index (κ3) is 4.39. The van der Waals surface area contributed by atoms with Crippen molar-refractivity contribution in [3.8, 4) is 0 Å². The van der Waals surface area contributed by atoms with Gasteiger partial charge in [-0.3, -0.25) is 4.72 Å². The number of unbranched alkanes of at least 4 members (excludes halogenated alkanes) is 1. The number of hydrogen-bond acceptors (Lipinski definition) is 6. The molecular weight excluding hydrogens is 284 g/mol. The van der Waals surface area contributed by atoms with Gasteiger partial charge in [0, 0.05) is 5.92 Å². The zero-order valence-electron chi connectivity index (χ0n) is 11.1. The molecule has 0 aromatic carbocycles. The molecule has 1 aromatic rings. The van der Waals surface area contributed by atoms with Crippen LogP contribution in [0.25, 0.3) is 0 Å². The summed E-state index contributed by atoms with van der Waals surface area (Å²) in [6.07, 6.45) is 3.60. The molecule has 1 aromatic heterocycles. The summed E-state index contributed by atoms with van der Waals surface area (Å²) in [6, 6.07) is 0. The van der Waals surface area contributed by atoms with Crippen LogP contribution in [0, 0.1) is 0 Å². The molecule has 0 radical (unpaired) electrons. The molecule has 1 saturated heterocycles. The highest BCUT2D eigenvalue weighted by molar-refractivity contribution is 7.92. The van der Waals surface area contributed by atoms with Gasteiger partial charge in [0.2, 0.25) is 15.2 Å².